The van der Waals surface area contributed by atoms with Gasteiger partial charge in [-0.15, -0.1) is 0 Å². The number of hydrogen-bond acceptors (Lipinski definition) is 1. The first kappa shape index (κ1) is 13.8. The second-order valence-electron chi connectivity index (χ2n) is 8.30. The van der Waals surface area contributed by atoms with Gasteiger partial charge >= 0.3 is 0 Å². The van der Waals surface area contributed by atoms with Crippen molar-refractivity contribution in [1.82, 2.24) is 0 Å². The van der Waals surface area contributed by atoms with E-state index in [2.05, 4.69) is 26.0 Å². The molecule has 112 valence electrons. The average Bonchev–Trinajstić information content (AvgIpc) is 2.44. The van der Waals surface area contributed by atoms with Crippen LogP contribution in [-0.2, 0) is 5.41 Å². The molecule has 21 heavy (non-hydrogen) atoms. The third kappa shape index (κ3) is 1.93. The van der Waals surface area contributed by atoms with E-state index < -0.39 is 0 Å². The maximum atomic E-state index is 11.3. The molecule has 0 aromatic heterocycles. The average molecular weight is 303 g/mol. The van der Waals surface area contributed by atoms with Gasteiger partial charge in [-0.2, -0.15) is 0 Å². The van der Waals surface area contributed by atoms with Gasteiger partial charge in [-0.25, -0.2) is 0 Å². The summed E-state index contributed by atoms with van der Waals surface area (Å²) < 4.78 is 0. The van der Waals surface area contributed by atoms with Crippen LogP contribution in [0.4, 0.5) is 0 Å². The molecule has 1 aromatic rings. The largest absolute Gasteiger partial charge is 0.276 e. The van der Waals surface area contributed by atoms with Crippen molar-refractivity contribution < 1.29 is 4.79 Å². The summed E-state index contributed by atoms with van der Waals surface area (Å²) in [5.74, 6) is 2.67. The summed E-state index contributed by atoms with van der Waals surface area (Å²) in [6.45, 7) is 4.98. The molecule has 0 heterocycles. The Balaban J connectivity index is 1.71. The molecule has 0 radical (unpaired) electrons. The molecule has 5 rings (SSSR count). The van der Waals surface area contributed by atoms with Gasteiger partial charge in [0.05, 0.1) is 0 Å². The first-order chi connectivity index (χ1) is 9.91. The van der Waals surface area contributed by atoms with E-state index in [0.717, 1.165) is 17.8 Å². The Kier molecular flexibility index (Phi) is 2.86. The minimum atomic E-state index is -0.354. The van der Waals surface area contributed by atoms with E-state index in [-0.39, 0.29) is 5.24 Å². The molecule has 2 unspecified atom stereocenters. The quantitative estimate of drug-likeness (QED) is 0.689. The van der Waals surface area contributed by atoms with Crippen molar-refractivity contribution in [2.45, 2.75) is 51.4 Å². The van der Waals surface area contributed by atoms with Gasteiger partial charge < -0.3 is 0 Å². The summed E-state index contributed by atoms with van der Waals surface area (Å²) in [7, 11) is 0. The zero-order valence-electron chi connectivity index (χ0n) is 12.9. The fraction of sp³-hybridized carbons (Fsp3) is 0.632. The Morgan fingerprint density at radius 2 is 1.62 bits per heavy atom. The van der Waals surface area contributed by atoms with Crippen LogP contribution in [0, 0.1) is 23.2 Å². The molecular formula is C19H23ClO. The lowest BCUT2D eigenvalue weighted by Gasteiger charge is -2.64. The summed E-state index contributed by atoms with van der Waals surface area (Å²) in [4.78, 5) is 11.3. The summed E-state index contributed by atoms with van der Waals surface area (Å²) in [5, 5.41) is -0.354. The molecule has 4 aliphatic rings. The second-order valence-corrected chi connectivity index (χ2v) is 8.64. The van der Waals surface area contributed by atoms with Crippen LogP contribution in [-0.4, -0.2) is 5.24 Å². The van der Waals surface area contributed by atoms with Crippen molar-refractivity contribution in [3.05, 3.63) is 35.4 Å². The summed E-state index contributed by atoms with van der Waals surface area (Å²) in [6, 6.07) is 8.15. The van der Waals surface area contributed by atoms with Crippen LogP contribution in [0.2, 0.25) is 0 Å². The highest BCUT2D eigenvalue weighted by Crippen LogP contribution is 2.66. The molecule has 0 saturated heterocycles. The van der Waals surface area contributed by atoms with E-state index in [1.54, 1.807) is 0 Å². The number of rotatable bonds is 2. The number of halogens is 1. The van der Waals surface area contributed by atoms with E-state index in [4.69, 9.17) is 11.6 Å². The molecule has 4 aliphatic carbocycles. The van der Waals surface area contributed by atoms with Gasteiger partial charge in [-0.1, -0.05) is 26.0 Å². The van der Waals surface area contributed by atoms with Crippen molar-refractivity contribution in [2.24, 2.45) is 23.2 Å². The monoisotopic (exact) mass is 302 g/mol. The van der Waals surface area contributed by atoms with Crippen LogP contribution in [0.3, 0.4) is 0 Å². The first-order valence-corrected chi connectivity index (χ1v) is 8.59. The molecule has 1 nitrogen and oxygen atoms in total. The Hall–Kier alpha value is -0.820. The van der Waals surface area contributed by atoms with Gasteiger partial charge in [0.2, 0.25) is 0 Å². The summed E-state index contributed by atoms with van der Waals surface area (Å²) >= 11 is 5.57. The van der Waals surface area contributed by atoms with E-state index in [0.29, 0.717) is 16.4 Å². The van der Waals surface area contributed by atoms with Crippen LogP contribution in [0.5, 0.6) is 0 Å². The molecule has 1 aromatic carbocycles. The molecule has 4 fully saturated rings. The Labute approximate surface area is 132 Å². The van der Waals surface area contributed by atoms with Crippen molar-refractivity contribution in [2.75, 3.05) is 0 Å². The highest BCUT2D eigenvalue weighted by molar-refractivity contribution is 6.67. The summed E-state index contributed by atoms with van der Waals surface area (Å²) in [5.41, 5.74) is 2.95. The van der Waals surface area contributed by atoms with Crippen LogP contribution >= 0.6 is 11.6 Å². The fourth-order valence-corrected chi connectivity index (χ4v) is 5.88. The zero-order chi connectivity index (χ0) is 14.8. The maximum Gasteiger partial charge on any atom is 0.252 e. The molecule has 4 saturated carbocycles. The SMILES string of the molecule is CC1(C)C2CC3CC1CC(c1ccc(C(=O)Cl)cc1)(C3)C2. The minimum Gasteiger partial charge on any atom is -0.276 e. The number of hydrogen-bond donors (Lipinski definition) is 0. The molecular weight excluding hydrogens is 280 g/mol. The summed E-state index contributed by atoms with van der Waals surface area (Å²) in [6.07, 6.45) is 6.89. The normalized spacial score (nSPS) is 39.5. The van der Waals surface area contributed by atoms with Crippen LogP contribution < -0.4 is 0 Å². The fourth-order valence-electron chi connectivity index (χ4n) is 5.76. The van der Waals surface area contributed by atoms with Gasteiger partial charge in [-0.3, -0.25) is 4.79 Å². The van der Waals surface area contributed by atoms with E-state index in [1.807, 2.05) is 12.1 Å². The predicted octanol–water partition coefficient (Wildman–Crippen LogP) is 5.17. The maximum absolute atomic E-state index is 11.3. The lowest BCUT2D eigenvalue weighted by Crippen LogP contribution is -2.56. The molecule has 2 heteroatoms. The van der Waals surface area contributed by atoms with Crippen molar-refractivity contribution in [3.8, 4) is 0 Å². The van der Waals surface area contributed by atoms with Gasteiger partial charge in [-0.05, 0) is 90.0 Å². The van der Waals surface area contributed by atoms with Gasteiger partial charge in [0.1, 0.15) is 0 Å². The Bertz CT molecular complexity index is 568. The second kappa shape index (κ2) is 4.35. The first-order valence-electron chi connectivity index (χ1n) is 8.21. The lowest BCUT2D eigenvalue weighted by molar-refractivity contribution is -0.104. The highest BCUT2D eigenvalue weighted by atomic mass is 35.5. The van der Waals surface area contributed by atoms with Gasteiger partial charge in [0.15, 0.2) is 0 Å². The molecule has 2 atom stereocenters. The van der Waals surface area contributed by atoms with E-state index >= 15 is 0 Å². The lowest BCUT2D eigenvalue weighted by atomic mass is 9.41. The van der Waals surface area contributed by atoms with E-state index in [9.17, 15) is 4.79 Å². The predicted molar refractivity (Wildman–Crippen MR) is 85.6 cm³/mol. The number of benzene rings is 1. The Morgan fingerprint density at radius 1 is 1.05 bits per heavy atom. The molecule has 0 spiro atoms. The van der Waals surface area contributed by atoms with Crippen LogP contribution in [0.1, 0.15) is 61.9 Å². The third-order valence-electron chi connectivity index (χ3n) is 7.02. The van der Waals surface area contributed by atoms with Crippen molar-refractivity contribution in [1.29, 1.82) is 0 Å². The van der Waals surface area contributed by atoms with Crippen LogP contribution in [0.15, 0.2) is 24.3 Å². The van der Waals surface area contributed by atoms with Crippen molar-refractivity contribution in [3.63, 3.8) is 0 Å². The zero-order valence-corrected chi connectivity index (χ0v) is 13.6. The van der Waals surface area contributed by atoms with Crippen molar-refractivity contribution >= 4 is 16.8 Å². The van der Waals surface area contributed by atoms with Gasteiger partial charge in [0, 0.05) is 5.56 Å². The molecule has 0 N–H and O–H groups in total. The molecule has 0 amide bonds. The molecule has 0 aliphatic heterocycles. The topological polar surface area (TPSA) is 17.1 Å². The molecule has 4 bridgehead atoms. The van der Waals surface area contributed by atoms with Gasteiger partial charge in [0.25, 0.3) is 5.24 Å². The van der Waals surface area contributed by atoms with E-state index in [1.165, 1.54) is 37.7 Å². The van der Waals surface area contributed by atoms with Crippen LogP contribution in [0.25, 0.3) is 0 Å². The number of carbonyl (C=O) groups excluding carboxylic acids is 1. The minimum absolute atomic E-state index is 0.354. The Morgan fingerprint density at radius 3 is 2.14 bits per heavy atom. The standard InChI is InChI=1S/C19H23ClO/c1-18(2)15-7-12-8-16(18)11-19(9-12,10-15)14-5-3-13(4-6-14)17(20)21/h3-6,12,15-16H,7-11H2,1-2H3. The highest BCUT2D eigenvalue weighted by Gasteiger charge is 2.58. The number of carbonyl (C=O) groups is 1. The third-order valence-corrected chi connectivity index (χ3v) is 7.24. The smallest absolute Gasteiger partial charge is 0.252 e.